The van der Waals surface area contributed by atoms with E-state index in [1.54, 1.807) is 6.20 Å². The molecule has 0 radical (unpaired) electrons. The molecule has 1 amide bonds. The Bertz CT molecular complexity index is 1200. The van der Waals surface area contributed by atoms with Gasteiger partial charge < -0.3 is 15.5 Å². The molecule has 3 rings (SSSR count). The maximum absolute atomic E-state index is 12.9. The van der Waals surface area contributed by atoms with E-state index in [2.05, 4.69) is 25.9 Å². The van der Waals surface area contributed by atoms with E-state index in [1.807, 2.05) is 101 Å². The zero-order valence-electron chi connectivity index (χ0n) is 20.3. The van der Waals surface area contributed by atoms with E-state index in [0.717, 1.165) is 27.8 Å². The van der Waals surface area contributed by atoms with Crippen molar-refractivity contribution >= 4 is 34.1 Å². The third kappa shape index (κ3) is 6.45. The first-order valence-electron chi connectivity index (χ1n) is 11.1. The van der Waals surface area contributed by atoms with E-state index in [0.29, 0.717) is 0 Å². The predicted octanol–water partition coefficient (Wildman–Crippen LogP) is 3.87. The Kier molecular flexibility index (Phi) is 7.69. The van der Waals surface area contributed by atoms with Crippen LogP contribution in [0.25, 0.3) is 10.9 Å². The summed E-state index contributed by atoms with van der Waals surface area (Å²) < 4.78 is 0. The summed E-state index contributed by atoms with van der Waals surface area (Å²) in [5.41, 5.74) is 3.17. The number of nitriles is 1. The molecule has 3 aromatic rings. The minimum absolute atomic E-state index is 0.146. The molecule has 0 aliphatic rings. The summed E-state index contributed by atoms with van der Waals surface area (Å²) >= 11 is 0. The number of fused-ring (bicyclic) bond motifs is 1. The van der Waals surface area contributed by atoms with Gasteiger partial charge in [0.15, 0.2) is 6.19 Å². The van der Waals surface area contributed by atoms with Gasteiger partial charge in [-0.2, -0.15) is 5.26 Å². The molecule has 3 N–H and O–H groups in total. The van der Waals surface area contributed by atoms with Crippen molar-refractivity contribution < 1.29 is 4.79 Å². The predicted molar refractivity (Wildman–Crippen MR) is 137 cm³/mol. The van der Waals surface area contributed by atoms with Crippen LogP contribution in [-0.2, 0) is 11.2 Å². The van der Waals surface area contributed by atoms with Gasteiger partial charge in [-0.05, 0) is 42.0 Å². The van der Waals surface area contributed by atoms with E-state index >= 15 is 0 Å². The number of hydrogen-bond donors (Lipinski definition) is 3. The van der Waals surface area contributed by atoms with Gasteiger partial charge in [0.25, 0.3) is 0 Å². The first-order valence-corrected chi connectivity index (χ1v) is 11.1. The van der Waals surface area contributed by atoms with Crippen LogP contribution in [0.4, 0.5) is 11.4 Å². The Hall–Kier alpha value is -4.12. The molecule has 1 unspecified atom stereocenters. The van der Waals surface area contributed by atoms with Crippen LogP contribution in [0.15, 0.2) is 65.8 Å². The lowest BCUT2D eigenvalue weighted by Gasteiger charge is -2.29. The van der Waals surface area contributed by atoms with Crippen molar-refractivity contribution in [2.24, 2.45) is 10.4 Å². The molecule has 0 aliphatic carbocycles. The lowest BCUT2D eigenvalue weighted by atomic mass is 9.92. The molecule has 0 bridgehead atoms. The second kappa shape index (κ2) is 10.7. The zero-order chi connectivity index (χ0) is 24.7. The third-order valence-corrected chi connectivity index (χ3v) is 5.27. The van der Waals surface area contributed by atoms with E-state index in [-0.39, 0.29) is 18.3 Å². The molecule has 0 saturated heterocycles. The van der Waals surface area contributed by atoms with Crippen LogP contribution in [0, 0.1) is 16.9 Å². The monoisotopic (exact) mass is 457 g/mol. The Morgan fingerprint density at radius 3 is 2.50 bits per heavy atom. The van der Waals surface area contributed by atoms with Crippen molar-refractivity contribution in [3.05, 3.63) is 66.4 Å². The smallest absolute Gasteiger partial charge is 0.226 e. The fraction of sp³-hybridized carbons (Fsp3) is 0.308. The highest BCUT2D eigenvalue weighted by Crippen LogP contribution is 2.23. The van der Waals surface area contributed by atoms with E-state index in [4.69, 9.17) is 0 Å². The molecule has 1 atom stereocenters. The Morgan fingerprint density at radius 2 is 1.85 bits per heavy atom. The Balaban J connectivity index is 1.81. The molecule has 34 heavy (non-hydrogen) atoms. The van der Waals surface area contributed by atoms with Gasteiger partial charge in [-0.15, -0.1) is 0 Å². The summed E-state index contributed by atoms with van der Waals surface area (Å²) in [4.78, 5) is 23.9. The highest BCUT2D eigenvalue weighted by Gasteiger charge is 2.27. The summed E-state index contributed by atoms with van der Waals surface area (Å²) in [5.74, 6) is 0.0985. The molecule has 0 aliphatic heterocycles. The maximum atomic E-state index is 12.9. The standard InChI is InChI=1S/C26H31N7O/c1-26(2,3)24(31-23(34)16-18-11-13-19(14-12-18)33(4)5)32-25(29-17-27)30-22-10-6-9-21-20(22)8-7-15-28-21/h6-15,24H,16H2,1-5H3,(H,31,34)(H2,29,30,32). The SMILES string of the molecule is CN(C)c1ccc(CC(=O)NC(/N=C(\NC#N)Nc2cccc3ncccc23)C(C)(C)C)cc1. The molecular formula is C26H31N7O. The van der Waals surface area contributed by atoms with E-state index in [9.17, 15) is 10.1 Å². The number of nitrogens with zero attached hydrogens (tertiary/aromatic N) is 4. The van der Waals surface area contributed by atoms with Gasteiger partial charge >= 0.3 is 0 Å². The van der Waals surface area contributed by atoms with Crippen molar-refractivity contribution in [1.29, 1.82) is 5.26 Å². The summed E-state index contributed by atoms with van der Waals surface area (Å²) in [6, 6.07) is 17.3. The van der Waals surface area contributed by atoms with Crippen LogP contribution in [0.2, 0.25) is 0 Å². The minimum atomic E-state index is -0.572. The average Bonchev–Trinajstić information content (AvgIpc) is 2.78. The van der Waals surface area contributed by atoms with Crippen LogP contribution in [-0.4, -0.2) is 37.1 Å². The van der Waals surface area contributed by atoms with Gasteiger partial charge in [-0.3, -0.25) is 15.1 Å². The van der Waals surface area contributed by atoms with Crippen LogP contribution in [0.3, 0.4) is 0 Å². The highest BCUT2D eigenvalue weighted by molar-refractivity contribution is 6.02. The lowest BCUT2D eigenvalue weighted by Crippen LogP contribution is -2.45. The van der Waals surface area contributed by atoms with Gasteiger partial charge in [0.1, 0.15) is 6.17 Å². The number of rotatable bonds is 6. The number of carbonyl (C=O) groups is 1. The molecule has 1 heterocycles. The Morgan fingerprint density at radius 1 is 1.12 bits per heavy atom. The molecule has 8 heteroatoms. The molecule has 0 spiro atoms. The third-order valence-electron chi connectivity index (χ3n) is 5.27. The Labute approximate surface area is 200 Å². The maximum Gasteiger partial charge on any atom is 0.226 e. The van der Waals surface area contributed by atoms with Crippen molar-refractivity contribution in [2.45, 2.75) is 33.4 Å². The van der Waals surface area contributed by atoms with Crippen LogP contribution < -0.4 is 20.9 Å². The van der Waals surface area contributed by atoms with Crippen molar-refractivity contribution in [1.82, 2.24) is 15.6 Å². The van der Waals surface area contributed by atoms with E-state index < -0.39 is 11.6 Å². The normalized spacial score (nSPS) is 12.5. The number of guanidine groups is 1. The molecule has 8 nitrogen and oxygen atoms in total. The molecular weight excluding hydrogens is 426 g/mol. The molecule has 0 saturated carbocycles. The largest absolute Gasteiger partial charge is 0.378 e. The average molecular weight is 458 g/mol. The van der Waals surface area contributed by atoms with E-state index in [1.165, 1.54) is 0 Å². The summed E-state index contributed by atoms with van der Waals surface area (Å²) in [6.45, 7) is 5.96. The molecule has 176 valence electrons. The highest BCUT2D eigenvalue weighted by atomic mass is 16.1. The summed E-state index contributed by atoms with van der Waals surface area (Å²) in [7, 11) is 3.95. The fourth-order valence-corrected chi connectivity index (χ4v) is 3.36. The van der Waals surface area contributed by atoms with Crippen molar-refractivity contribution in [3.63, 3.8) is 0 Å². The van der Waals surface area contributed by atoms with Crippen LogP contribution in [0.1, 0.15) is 26.3 Å². The number of carbonyl (C=O) groups excluding carboxylic acids is 1. The number of aromatic nitrogens is 1. The number of anilines is 2. The van der Waals surface area contributed by atoms with Gasteiger partial charge in [0.2, 0.25) is 11.9 Å². The topological polar surface area (TPSA) is 105 Å². The van der Waals surface area contributed by atoms with Gasteiger partial charge in [-0.1, -0.05) is 39.0 Å². The van der Waals surface area contributed by atoms with Crippen LogP contribution in [0.5, 0.6) is 0 Å². The lowest BCUT2D eigenvalue weighted by molar-refractivity contribution is -0.121. The first kappa shape index (κ1) is 24.5. The zero-order valence-corrected chi connectivity index (χ0v) is 20.3. The minimum Gasteiger partial charge on any atom is -0.378 e. The first-order chi connectivity index (χ1) is 16.2. The van der Waals surface area contributed by atoms with Gasteiger partial charge in [0, 0.05) is 36.8 Å². The van der Waals surface area contributed by atoms with Gasteiger partial charge in [0.05, 0.1) is 17.6 Å². The summed E-state index contributed by atoms with van der Waals surface area (Å²) in [6.07, 6.45) is 3.32. The van der Waals surface area contributed by atoms with Crippen LogP contribution >= 0.6 is 0 Å². The number of amides is 1. The van der Waals surface area contributed by atoms with Crippen molar-refractivity contribution in [2.75, 3.05) is 24.3 Å². The molecule has 2 aromatic carbocycles. The number of hydrogen-bond acceptors (Lipinski definition) is 5. The molecule has 0 fully saturated rings. The fourth-order valence-electron chi connectivity index (χ4n) is 3.36. The van der Waals surface area contributed by atoms with Crippen molar-refractivity contribution in [3.8, 4) is 6.19 Å². The number of benzene rings is 2. The second-order valence-electron chi connectivity index (χ2n) is 9.29. The number of nitrogens with one attached hydrogen (secondary N) is 3. The van der Waals surface area contributed by atoms with Gasteiger partial charge in [-0.25, -0.2) is 4.99 Å². The second-order valence-corrected chi connectivity index (χ2v) is 9.29. The molecule has 1 aromatic heterocycles. The summed E-state index contributed by atoms with van der Waals surface area (Å²) in [5, 5.41) is 19.0. The number of aliphatic imine (C=N–C) groups is 1. The quantitative estimate of drug-likeness (QED) is 0.225. The number of pyridine rings is 1.